The minimum atomic E-state index is -0.124. The molecule has 0 aliphatic rings. The summed E-state index contributed by atoms with van der Waals surface area (Å²) in [7, 11) is 0. The van der Waals surface area contributed by atoms with Gasteiger partial charge in [0.15, 0.2) is 6.17 Å². The lowest BCUT2D eigenvalue weighted by Gasteiger charge is -2.14. The van der Waals surface area contributed by atoms with Crippen LogP contribution in [0.2, 0.25) is 0 Å². The summed E-state index contributed by atoms with van der Waals surface area (Å²) in [6.07, 6.45) is 12.0. The number of aromatic nitrogens is 4. The van der Waals surface area contributed by atoms with Gasteiger partial charge in [-0.25, -0.2) is 9.36 Å². The maximum atomic E-state index is 10.7. The largest absolute Gasteiger partial charge is 0.298 e. The Morgan fingerprint density at radius 1 is 0.905 bits per heavy atom. The predicted octanol–water partition coefficient (Wildman–Crippen LogP) is 2.65. The first-order valence-electron chi connectivity index (χ1n) is 6.58. The van der Waals surface area contributed by atoms with Gasteiger partial charge in [-0.05, 0) is 23.8 Å². The molecule has 0 unspecified atom stereocenters. The fourth-order valence-corrected chi connectivity index (χ4v) is 2.05. The number of benzene rings is 1. The van der Waals surface area contributed by atoms with Crippen LogP contribution < -0.4 is 0 Å². The third-order valence-electron chi connectivity index (χ3n) is 3.13. The highest BCUT2D eigenvalue weighted by molar-refractivity contribution is 5.75. The van der Waals surface area contributed by atoms with Gasteiger partial charge in [0.25, 0.3) is 0 Å². The Bertz CT molecular complexity index is 678. The fraction of sp³-hybridized carbons (Fsp3) is 0.0625. The molecule has 0 fully saturated rings. The Morgan fingerprint density at radius 3 is 1.95 bits per heavy atom. The molecular formula is C16H14N4O. The van der Waals surface area contributed by atoms with Crippen molar-refractivity contribution < 1.29 is 4.79 Å². The number of carbonyl (C=O) groups excluding carboxylic acids is 1. The van der Waals surface area contributed by atoms with Crippen molar-refractivity contribution in [1.29, 1.82) is 0 Å². The molecular weight excluding hydrogens is 264 g/mol. The molecule has 0 aliphatic heterocycles. The number of hydrogen-bond donors (Lipinski definition) is 0. The zero-order valence-corrected chi connectivity index (χ0v) is 11.3. The molecule has 0 radical (unpaired) electrons. The van der Waals surface area contributed by atoms with E-state index in [1.807, 2.05) is 58.2 Å². The summed E-state index contributed by atoms with van der Waals surface area (Å²) in [6, 6.07) is 11.2. The lowest BCUT2D eigenvalue weighted by molar-refractivity contribution is 0.112. The quantitative estimate of drug-likeness (QED) is 0.674. The second-order valence-corrected chi connectivity index (χ2v) is 4.53. The van der Waals surface area contributed by atoms with Gasteiger partial charge in [0.1, 0.15) is 6.29 Å². The monoisotopic (exact) mass is 278 g/mol. The third kappa shape index (κ3) is 2.97. The van der Waals surface area contributed by atoms with E-state index in [1.165, 1.54) is 0 Å². The highest BCUT2D eigenvalue weighted by Gasteiger charge is 2.09. The number of nitrogens with zero attached hydrogens (tertiary/aromatic N) is 4. The molecule has 5 heteroatoms. The van der Waals surface area contributed by atoms with E-state index in [2.05, 4.69) is 10.2 Å². The summed E-state index contributed by atoms with van der Waals surface area (Å²) in [5.74, 6) is 0. The van der Waals surface area contributed by atoms with Crippen LogP contribution in [0, 0.1) is 0 Å². The third-order valence-corrected chi connectivity index (χ3v) is 3.13. The SMILES string of the molecule is O=Cc1ccc(/C=C/C(n2cccn2)n2cccn2)cc1. The average Bonchev–Trinajstić information content (AvgIpc) is 3.22. The first kappa shape index (κ1) is 13.1. The summed E-state index contributed by atoms with van der Waals surface area (Å²) in [6.45, 7) is 0. The number of hydrogen-bond acceptors (Lipinski definition) is 3. The molecule has 3 rings (SSSR count). The van der Waals surface area contributed by atoms with E-state index in [-0.39, 0.29) is 6.17 Å². The van der Waals surface area contributed by atoms with E-state index in [9.17, 15) is 4.79 Å². The smallest absolute Gasteiger partial charge is 0.162 e. The van der Waals surface area contributed by atoms with E-state index >= 15 is 0 Å². The van der Waals surface area contributed by atoms with Gasteiger partial charge in [0.05, 0.1) is 0 Å². The van der Waals surface area contributed by atoms with Crippen molar-refractivity contribution in [1.82, 2.24) is 19.6 Å². The molecule has 2 heterocycles. The first-order valence-corrected chi connectivity index (χ1v) is 6.58. The molecule has 0 saturated carbocycles. The van der Waals surface area contributed by atoms with Crippen LogP contribution in [0.4, 0.5) is 0 Å². The zero-order chi connectivity index (χ0) is 14.5. The van der Waals surface area contributed by atoms with E-state index in [0.29, 0.717) is 5.56 Å². The molecule has 0 atom stereocenters. The maximum absolute atomic E-state index is 10.7. The van der Waals surface area contributed by atoms with Crippen molar-refractivity contribution in [3.05, 3.63) is 78.4 Å². The van der Waals surface area contributed by atoms with Crippen molar-refractivity contribution in [3.63, 3.8) is 0 Å². The Balaban J connectivity index is 1.87. The Kier molecular flexibility index (Phi) is 3.73. The molecule has 0 bridgehead atoms. The normalized spacial score (nSPS) is 11.3. The summed E-state index contributed by atoms with van der Waals surface area (Å²) in [4.78, 5) is 10.7. The van der Waals surface area contributed by atoms with E-state index in [1.54, 1.807) is 24.5 Å². The van der Waals surface area contributed by atoms with Crippen LogP contribution in [0.3, 0.4) is 0 Å². The molecule has 0 N–H and O–H groups in total. The van der Waals surface area contributed by atoms with Crippen molar-refractivity contribution in [2.24, 2.45) is 0 Å². The second-order valence-electron chi connectivity index (χ2n) is 4.53. The van der Waals surface area contributed by atoms with Gasteiger partial charge in [-0.15, -0.1) is 0 Å². The number of rotatable bonds is 5. The van der Waals surface area contributed by atoms with Gasteiger partial charge in [-0.3, -0.25) is 4.79 Å². The number of aldehydes is 1. The van der Waals surface area contributed by atoms with Crippen LogP contribution >= 0.6 is 0 Å². The minimum absolute atomic E-state index is 0.124. The highest BCUT2D eigenvalue weighted by Crippen LogP contribution is 2.13. The predicted molar refractivity (Wildman–Crippen MR) is 79.8 cm³/mol. The standard InChI is InChI=1S/C16H14N4O/c21-13-15-5-3-14(4-6-15)7-8-16(19-11-1-9-17-19)20-12-2-10-18-20/h1-13,16H/b8-7+. The molecule has 0 amide bonds. The van der Waals surface area contributed by atoms with Crippen LogP contribution in [-0.4, -0.2) is 25.8 Å². The Hall–Kier alpha value is -2.95. The number of carbonyl (C=O) groups is 1. The minimum Gasteiger partial charge on any atom is -0.298 e. The molecule has 0 spiro atoms. The van der Waals surface area contributed by atoms with E-state index in [4.69, 9.17) is 0 Å². The van der Waals surface area contributed by atoms with Crippen molar-refractivity contribution in [3.8, 4) is 0 Å². The summed E-state index contributed by atoms with van der Waals surface area (Å²) in [5, 5.41) is 8.54. The van der Waals surface area contributed by atoms with Crippen LogP contribution in [0.15, 0.2) is 67.3 Å². The second kappa shape index (κ2) is 6.00. The van der Waals surface area contributed by atoms with Crippen LogP contribution in [-0.2, 0) is 0 Å². The molecule has 1 aromatic carbocycles. The maximum Gasteiger partial charge on any atom is 0.162 e. The van der Waals surface area contributed by atoms with Gasteiger partial charge in [-0.2, -0.15) is 10.2 Å². The van der Waals surface area contributed by atoms with Crippen molar-refractivity contribution in [2.45, 2.75) is 6.17 Å². The molecule has 0 saturated heterocycles. The van der Waals surface area contributed by atoms with Gasteiger partial charge in [0, 0.05) is 30.4 Å². The van der Waals surface area contributed by atoms with Crippen LogP contribution in [0.1, 0.15) is 22.1 Å². The highest BCUT2D eigenvalue weighted by atomic mass is 16.1. The molecule has 2 aromatic heterocycles. The van der Waals surface area contributed by atoms with E-state index in [0.717, 1.165) is 11.8 Å². The molecule has 21 heavy (non-hydrogen) atoms. The van der Waals surface area contributed by atoms with E-state index < -0.39 is 0 Å². The molecule has 0 aliphatic carbocycles. The Morgan fingerprint density at radius 2 is 1.48 bits per heavy atom. The zero-order valence-electron chi connectivity index (χ0n) is 11.3. The topological polar surface area (TPSA) is 52.7 Å². The lowest BCUT2D eigenvalue weighted by Crippen LogP contribution is -2.16. The Labute approximate surface area is 122 Å². The van der Waals surface area contributed by atoms with Crippen molar-refractivity contribution in [2.75, 3.05) is 0 Å². The summed E-state index contributed by atoms with van der Waals surface area (Å²) >= 11 is 0. The lowest BCUT2D eigenvalue weighted by atomic mass is 10.1. The van der Waals surface area contributed by atoms with Gasteiger partial charge < -0.3 is 0 Å². The molecule has 3 aromatic rings. The van der Waals surface area contributed by atoms with Gasteiger partial charge in [0.2, 0.25) is 0 Å². The average molecular weight is 278 g/mol. The summed E-state index contributed by atoms with van der Waals surface area (Å²) in [5.41, 5.74) is 1.69. The van der Waals surface area contributed by atoms with Gasteiger partial charge >= 0.3 is 0 Å². The van der Waals surface area contributed by atoms with Crippen molar-refractivity contribution >= 4 is 12.4 Å². The first-order chi connectivity index (χ1) is 10.4. The molecule has 104 valence electrons. The van der Waals surface area contributed by atoms with Gasteiger partial charge in [-0.1, -0.05) is 30.3 Å². The summed E-state index contributed by atoms with van der Waals surface area (Å²) < 4.78 is 3.65. The van der Waals surface area contributed by atoms with Crippen LogP contribution in [0.5, 0.6) is 0 Å². The fourth-order valence-electron chi connectivity index (χ4n) is 2.05. The molecule has 5 nitrogen and oxygen atoms in total. The van der Waals surface area contributed by atoms with Crippen LogP contribution in [0.25, 0.3) is 6.08 Å². The number of allylic oxidation sites excluding steroid dienone is 1.